The highest BCUT2D eigenvalue weighted by atomic mass is 35.5. The van der Waals surface area contributed by atoms with Crippen LogP contribution in [0.2, 0.25) is 15.1 Å². The molecule has 6 rings (SSSR count). The lowest BCUT2D eigenvalue weighted by Crippen LogP contribution is -2.02. The quantitative estimate of drug-likeness (QED) is 0.0321. The van der Waals surface area contributed by atoms with E-state index in [2.05, 4.69) is 37.7 Å². The number of nitrogen functional groups attached to an aromatic ring is 4. The number of nitro benzene ring substituents is 4. The van der Waals surface area contributed by atoms with Gasteiger partial charge in [-0.25, -0.2) is 0 Å². The first-order valence-corrected chi connectivity index (χ1v) is 22.4. The molecule has 0 fully saturated rings. The Kier molecular flexibility index (Phi) is 32.5. The summed E-state index contributed by atoms with van der Waals surface area (Å²) in [4.78, 5) is 40.3. The van der Waals surface area contributed by atoms with Gasteiger partial charge in [-0.05, 0) is 98.2 Å². The second-order valence-electron chi connectivity index (χ2n) is 14.1. The molecule has 0 aromatic heterocycles. The molecule has 19 nitrogen and oxygen atoms in total. The van der Waals surface area contributed by atoms with Gasteiger partial charge in [0, 0.05) is 84.3 Å². The van der Waals surface area contributed by atoms with Crippen molar-refractivity contribution >= 4 is 80.3 Å². The number of nitrogens with two attached hydrogens (primary N) is 6. The van der Waals surface area contributed by atoms with E-state index >= 15 is 0 Å². The first-order valence-electron chi connectivity index (χ1n) is 21.3. The fourth-order valence-electron chi connectivity index (χ4n) is 5.75. The number of rotatable bonds is 10. The molecule has 6 aromatic rings. The molecule has 22 heteroatoms. The van der Waals surface area contributed by atoms with Gasteiger partial charge in [-0.3, -0.25) is 52.1 Å². The van der Waals surface area contributed by atoms with Crippen LogP contribution < -0.4 is 34.6 Å². The first kappa shape index (κ1) is 65.0. The molecule has 0 aliphatic rings. The van der Waals surface area contributed by atoms with Gasteiger partial charge < -0.3 is 28.4 Å². The molecule has 0 amide bonds. The molecule has 0 aliphatic heterocycles. The molecule has 0 unspecified atom stereocenters. The number of anilines is 4. The molecule has 0 radical (unpaired) electrons. The molecular weight excluding hydrogens is 967 g/mol. The van der Waals surface area contributed by atoms with Crippen molar-refractivity contribution in [2.75, 3.05) is 22.9 Å². The van der Waals surface area contributed by atoms with E-state index in [4.69, 9.17) is 57.7 Å². The number of aryl methyl sites for hydroxylation is 6. The van der Waals surface area contributed by atoms with Crippen LogP contribution in [-0.2, 0) is 38.5 Å². The van der Waals surface area contributed by atoms with E-state index in [0.29, 0.717) is 74.4 Å². The largest absolute Gasteiger partial charge is 0.412 e. The summed E-state index contributed by atoms with van der Waals surface area (Å²) in [7, 11) is 0. The molecule has 380 valence electrons. The first-order chi connectivity index (χ1) is 32.7. The minimum Gasteiger partial charge on any atom is -0.412 e. The minimum atomic E-state index is -0.412. The van der Waals surface area contributed by atoms with Crippen LogP contribution >= 0.6 is 34.8 Å². The van der Waals surface area contributed by atoms with Gasteiger partial charge >= 0.3 is 0 Å². The Morgan fingerprint density at radius 2 is 0.629 bits per heavy atom. The smallest absolute Gasteiger partial charge is 0.274 e. The van der Waals surface area contributed by atoms with Crippen LogP contribution in [0.3, 0.4) is 0 Å². The number of hydrogen-bond donors (Lipinski definition) is 6. The van der Waals surface area contributed by atoms with Crippen molar-refractivity contribution in [1.29, 1.82) is 0 Å². The van der Waals surface area contributed by atoms with Crippen molar-refractivity contribution in [3.8, 4) is 0 Å². The zero-order valence-corrected chi connectivity index (χ0v) is 42.1. The summed E-state index contributed by atoms with van der Waals surface area (Å²) in [6.45, 7) is 11.7. The zero-order chi connectivity index (χ0) is 52.8. The van der Waals surface area contributed by atoms with Gasteiger partial charge in [-0.15, -0.1) is 0 Å². The van der Waals surface area contributed by atoms with Gasteiger partial charge in [0.25, 0.3) is 22.7 Å². The van der Waals surface area contributed by atoms with E-state index in [0.717, 1.165) is 29.8 Å². The molecule has 0 spiro atoms. The third kappa shape index (κ3) is 23.7. The van der Waals surface area contributed by atoms with E-state index in [9.17, 15) is 40.5 Å². The van der Waals surface area contributed by atoms with Crippen molar-refractivity contribution in [3.05, 3.63) is 204 Å². The lowest BCUT2D eigenvalue weighted by Gasteiger charge is -2.00. The molecule has 0 aliphatic carbocycles. The van der Waals surface area contributed by atoms with Crippen molar-refractivity contribution < 1.29 is 25.2 Å². The van der Waals surface area contributed by atoms with Crippen LogP contribution in [0.1, 0.15) is 74.9 Å². The number of hydrogen-bond acceptors (Lipinski definition) is 14. The van der Waals surface area contributed by atoms with Gasteiger partial charge in [0.1, 0.15) is 0 Å². The average Bonchev–Trinajstić information content (AvgIpc) is 3.33. The van der Waals surface area contributed by atoms with Crippen LogP contribution in [0, 0.1) is 40.5 Å². The molecule has 0 saturated carbocycles. The normalized spacial score (nSPS) is 9.41. The molecule has 0 atom stereocenters. The maximum Gasteiger partial charge on any atom is 0.274 e. The highest BCUT2D eigenvalue weighted by Gasteiger charge is 2.14. The van der Waals surface area contributed by atoms with Crippen LogP contribution in [0.4, 0.5) is 45.5 Å². The maximum atomic E-state index is 10.5. The standard InChI is InChI=1S/2C8H8ClNO2.C8H10ClN.2C8H10N2O2.C8H11N.H4N2.H2O/c2*1-2-6-3-4-7(9)5-8(6)10(11)12;1-2-6-3-4-7(9)5-8(6)10;2*1-2-6-3-4-7(9)5-8(6)10(11)12;1-2-7-3-5-8(9)6-4-7;1-2;/h2*3-5H,2H2,1H3;3-5H,2,10H2,1H3;2*3-5H,2,9H2,1H3;3-6H,2,9H2,1H3;1-2H2;1H2. The topological polar surface area (TPSA) is 360 Å². The van der Waals surface area contributed by atoms with Crippen LogP contribution in [-0.4, -0.2) is 25.2 Å². The Morgan fingerprint density at radius 1 is 0.371 bits per heavy atom. The lowest BCUT2D eigenvalue weighted by atomic mass is 10.1. The third-order valence-electron chi connectivity index (χ3n) is 9.50. The second kappa shape index (κ2) is 35.1. The molecule has 70 heavy (non-hydrogen) atoms. The summed E-state index contributed by atoms with van der Waals surface area (Å²) in [5.74, 6) is 8.00. The molecule has 6 aromatic carbocycles. The number of halogens is 3. The fraction of sp³-hybridized carbons (Fsp3) is 0.250. The van der Waals surface area contributed by atoms with E-state index in [1.165, 1.54) is 29.8 Å². The molecule has 0 bridgehead atoms. The van der Waals surface area contributed by atoms with Crippen molar-refractivity contribution in [2.45, 2.75) is 80.1 Å². The van der Waals surface area contributed by atoms with Crippen molar-refractivity contribution in [1.82, 2.24) is 0 Å². The molecular formula is C48H63Cl3N10O9. The van der Waals surface area contributed by atoms with E-state index in [1.54, 1.807) is 54.6 Å². The second-order valence-corrected chi connectivity index (χ2v) is 15.4. The Balaban J connectivity index is 0. The minimum absolute atomic E-state index is 0. The highest BCUT2D eigenvalue weighted by molar-refractivity contribution is 6.31. The maximum absolute atomic E-state index is 10.5. The van der Waals surface area contributed by atoms with Gasteiger partial charge in [0.2, 0.25) is 0 Å². The number of nitro groups is 4. The van der Waals surface area contributed by atoms with Gasteiger partial charge in [0.05, 0.1) is 19.7 Å². The zero-order valence-electron chi connectivity index (χ0n) is 39.9. The van der Waals surface area contributed by atoms with E-state index < -0.39 is 19.7 Å². The highest BCUT2D eigenvalue weighted by Crippen LogP contribution is 2.25. The summed E-state index contributed by atoms with van der Waals surface area (Å²) in [6.07, 6.45) is 4.64. The van der Waals surface area contributed by atoms with Gasteiger partial charge in [-0.2, -0.15) is 0 Å². The van der Waals surface area contributed by atoms with E-state index in [1.807, 2.05) is 52.0 Å². The number of hydrazine groups is 1. The van der Waals surface area contributed by atoms with Crippen molar-refractivity contribution in [2.24, 2.45) is 11.7 Å². The third-order valence-corrected chi connectivity index (χ3v) is 10.2. The Bertz CT molecular complexity index is 2320. The summed E-state index contributed by atoms with van der Waals surface area (Å²) < 4.78 is 0. The van der Waals surface area contributed by atoms with Crippen LogP contribution in [0.5, 0.6) is 0 Å². The summed E-state index contributed by atoms with van der Waals surface area (Å²) in [5, 5.41) is 43.4. The summed E-state index contributed by atoms with van der Waals surface area (Å²) in [6, 6.07) is 32.5. The lowest BCUT2D eigenvalue weighted by molar-refractivity contribution is -0.385. The summed E-state index contributed by atoms with van der Waals surface area (Å²) in [5.41, 5.74) is 30.2. The van der Waals surface area contributed by atoms with Crippen LogP contribution in [0.25, 0.3) is 0 Å². The summed E-state index contributed by atoms with van der Waals surface area (Å²) >= 11 is 16.9. The molecule has 0 heterocycles. The number of benzene rings is 6. The Hall–Kier alpha value is -7.13. The molecule has 0 saturated heterocycles. The van der Waals surface area contributed by atoms with Crippen molar-refractivity contribution in [3.63, 3.8) is 0 Å². The van der Waals surface area contributed by atoms with Crippen LogP contribution in [0.15, 0.2) is 115 Å². The van der Waals surface area contributed by atoms with Gasteiger partial charge in [-0.1, -0.05) is 119 Å². The van der Waals surface area contributed by atoms with E-state index in [-0.39, 0.29) is 28.2 Å². The molecule has 14 N–H and O–H groups in total. The monoisotopic (exact) mass is 1030 g/mol. The number of nitrogens with zero attached hydrogens (tertiary/aromatic N) is 4. The Morgan fingerprint density at radius 3 is 0.900 bits per heavy atom. The SMILES string of the molecule is CCc1ccc(Cl)cc1N.CCc1ccc(Cl)cc1[N+](=O)[O-].CCc1ccc(Cl)cc1[N+](=O)[O-].CCc1ccc(N)cc1.CCc1ccc(N)cc1[N+](=O)[O-].CCc1ccc(N)cc1[N+](=O)[O-].NN.O. The average molecular weight is 1030 g/mol. The fourth-order valence-corrected chi connectivity index (χ4v) is 6.27. The predicted molar refractivity (Wildman–Crippen MR) is 286 cm³/mol. The van der Waals surface area contributed by atoms with Gasteiger partial charge in [0.15, 0.2) is 0 Å². The Labute approximate surface area is 422 Å². The predicted octanol–water partition coefficient (Wildman–Crippen LogP) is 11.4.